The molecule has 5 nitrogen and oxygen atoms in total. The predicted molar refractivity (Wildman–Crippen MR) is 85.8 cm³/mol. The highest BCUT2D eigenvalue weighted by molar-refractivity contribution is 9.10. The molecule has 1 saturated heterocycles. The molecular weight excluding hydrogens is 346 g/mol. The molecule has 0 N–H and O–H groups in total. The molecule has 114 valence electrons. The van der Waals surface area contributed by atoms with Crippen LogP contribution >= 0.6 is 15.9 Å². The number of rotatable bonds is 3. The second-order valence-corrected chi connectivity index (χ2v) is 6.22. The monoisotopic (exact) mass is 361 g/mol. The molecule has 2 aromatic rings. The van der Waals surface area contributed by atoms with Crippen molar-refractivity contribution in [2.75, 3.05) is 13.1 Å². The Morgan fingerprint density at radius 1 is 1.32 bits per heavy atom. The van der Waals surface area contributed by atoms with Gasteiger partial charge < -0.3 is 9.64 Å². The Balaban J connectivity index is 1.62. The summed E-state index contributed by atoms with van der Waals surface area (Å²) in [6.45, 7) is 3.14. The molecule has 1 fully saturated rings. The number of carbonyl (C=O) groups is 1. The number of benzene rings is 1. The van der Waals surface area contributed by atoms with Crippen molar-refractivity contribution in [1.82, 2.24) is 15.1 Å². The molecule has 0 aliphatic carbocycles. The third-order valence-corrected chi connectivity index (χ3v) is 4.06. The van der Waals surface area contributed by atoms with Gasteiger partial charge in [0.1, 0.15) is 6.10 Å². The third kappa shape index (κ3) is 3.44. The van der Waals surface area contributed by atoms with E-state index in [-0.39, 0.29) is 12.0 Å². The van der Waals surface area contributed by atoms with Crippen molar-refractivity contribution in [3.63, 3.8) is 0 Å². The lowest BCUT2D eigenvalue weighted by atomic mass is 10.2. The van der Waals surface area contributed by atoms with E-state index in [2.05, 4.69) is 26.1 Å². The molecule has 3 rings (SSSR count). The smallest absolute Gasteiger partial charge is 0.254 e. The summed E-state index contributed by atoms with van der Waals surface area (Å²) in [5.41, 5.74) is 1.54. The lowest BCUT2D eigenvalue weighted by Crippen LogP contribution is -2.31. The molecule has 1 aliphatic heterocycles. The minimum atomic E-state index is -0.0342. The van der Waals surface area contributed by atoms with Gasteiger partial charge in [-0.15, -0.1) is 5.10 Å². The number of carbonyl (C=O) groups excluding carboxylic acids is 1. The van der Waals surface area contributed by atoms with E-state index in [0.717, 1.165) is 16.6 Å². The number of aryl methyl sites for hydroxylation is 1. The van der Waals surface area contributed by atoms with E-state index in [4.69, 9.17) is 4.74 Å². The molecule has 1 aromatic carbocycles. The van der Waals surface area contributed by atoms with Crippen LogP contribution in [0, 0.1) is 6.92 Å². The van der Waals surface area contributed by atoms with Crippen LogP contribution in [0.15, 0.2) is 40.9 Å². The molecule has 0 radical (unpaired) electrons. The van der Waals surface area contributed by atoms with Crippen LogP contribution in [0.25, 0.3) is 0 Å². The molecular formula is C16H16BrN3O2. The lowest BCUT2D eigenvalue weighted by Gasteiger charge is -2.17. The lowest BCUT2D eigenvalue weighted by molar-refractivity contribution is 0.0771. The molecule has 0 saturated carbocycles. The third-order valence-electron chi connectivity index (χ3n) is 3.56. The average Bonchev–Trinajstić information content (AvgIpc) is 2.97. The summed E-state index contributed by atoms with van der Waals surface area (Å²) in [6.07, 6.45) is 0.767. The second kappa shape index (κ2) is 6.44. The second-order valence-electron chi connectivity index (χ2n) is 5.30. The first-order chi connectivity index (χ1) is 10.6. The van der Waals surface area contributed by atoms with Crippen LogP contribution in [0.1, 0.15) is 22.5 Å². The minimum Gasteiger partial charge on any atom is -0.471 e. The Kier molecular flexibility index (Phi) is 4.38. The van der Waals surface area contributed by atoms with Crippen molar-refractivity contribution >= 4 is 21.8 Å². The zero-order valence-electron chi connectivity index (χ0n) is 12.2. The summed E-state index contributed by atoms with van der Waals surface area (Å²) in [4.78, 5) is 14.3. The maximum absolute atomic E-state index is 12.5. The fourth-order valence-electron chi connectivity index (χ4n) is 2.43. The average molecular weight is 362 g/mol. The van der Waals surface area contributed by atoms with Crippen LogP contribution in [0.5, 0.6) is 5.88 Å². The first-order valence-corrected chi connectivity index (χ1v) is 7.93. The van der Waals surface area contributed by atoms with Gasteiger partial charge in [-0.2, -0.15) is 5.10 Å². The van der Waals surface area contributed by atoms with Gasteiger partial charge in [0.15, 0.2) is 0 Å². The zero-order chi connectivity index (χ0) is 15.5. The number of amides is 1. The molecule has 1 unspecified atom stereocenters. The van der Waals surface area contributed by atoms with E-state index in [1.165, 1.54) is 0 Å². The Labute approximate surface area is 137 Å². The highest BCUT2D eigenvalue weighted by atomic mass is 79.9. The van der Waals surface area contributed by atoms with Gasteiger partial charge in [0.25, 0.3) is 5.91 Å². The molecule has 22 heavy (non-hydrogen) atoms. The normalized spacial score (nSPS) is 17.5. The highest BCUT2D eigenvalue weighted by Gasteiger charge is 2.28. The maximum Gasteiger partial charge on any atom is 0.254 e. The van der Waals surface area contributed by atoms with Crippen LogP contribution in [0.2, 0.25) is 0 Å². The van der Waals surface area contributed by atoms with Crippen LogP contribution < -0.4 is 4.74 Å². The first-order valence-electron chi connectivity index (χ1n) is 7.13. The molecule has 0 spiro atoms. The number of nitrogens with zero attached hydrogens (tertiary/aromatic N) is 3. The van der Waals surface area contributed by atoms with E-state index in [1.807, 2.05) is 42.2 Å². The van der Waals surface area contributed by atoms with E-state index in [0.29, 0.717) is 24.5 Å². The van der Waals surface area contributed by atoms with Crippen LogP contribution in [-0.2, 0) is 0 Å². The van der Waals surface area contributed by atoms with E-state index >= 15 is 0 Å². The van der Waals surface area contributed by atoms with Crippen molar-refractivity contribution in [3.8, 4) is 5.88 Å². The fraction of sp³-hybridized carbons (Fsp3) is 0.312. The Morgan fingerprint density at radius 3 is 2.91 bits per heavy atom. The van der Waals surface area contributed by atoms with Gasteiger partial charge in [-0.3, -0.25) is 4.79 Å². The SMILES string of the molecule is Cc1ccc(OC2CCN(C(=O)c3cccc(Br)c3)C2)nn1. The number of likely N-dealkylation sites (tertiary alicyclic amines) is 1. The summed E-state index contributed by atoms with van der Waals surface area (Å²) in [5, 5.41) is 7.97. The van der Waals surface area contributed by atoms with Gasteiger partial charge in [-0.1, -0.05) is 22.0 Å². The minimum absolute atomic E-state index is 0.0300. The van der Waals surface area contributed by atoms with Crippen LogP contribution in [0.4, 0.5) is 0 Å². The van der Waals surface area contributed by atoms with Gasteiger partial charge in [0.05, 0.1) is 12.2 Å². The highest BCUT2D eigenvalue weighted by Crippen LogP contribution is 2.19. The Morgan fingerprint density at radius 2 is 2.18 bits per heavy atom. The quantitative estimate of drug-likeness (QED) is 0.843. The number of halogens is 1. The summed E-state index contributed by atoms with van der Waals surface area (Å²) in [6, 6.07) is 11.1. The van der Waals surface area contributed by atoms with Crippen molar-refractivity contribution in [2.45, 2.75) is 19.4 Å². The predicted octanol–water partition coefficient (Wildman–Crippen LogP) is 2.84. The van der Waals surface area contributed by atoms with E-state index in [1.54, 1.807) is 6.07 Å². The largest absolute Gasteiger partial charge is 0.471 e. The zero-order valence-corrected chi connectivity index (χ0v) is 13.8. The van der Waals surface area contributed by atoms with Crippen molar-refractivity contribution < 1.29 is 9.53 Å². The molecule has 1 aromatic heterocycles. The van der Waals surface area contributed by atoms with Gasteiger partial charge in [0.2, 0.25) is 5.88 Å². The van der Waals surface area contributed by atoms with Crippen molar-refractivity contribution in [2.24, 2.45) is 0 Å². The van der Waals surface area contributed by atoms with E-state index in [9.17, 15) is 4.79 Å². The van der Waals surface area contributed by atoms with Gasteiger partial charge in [-0.05, 0) is 31.2 Å². The van der Waals surface area contributed by atoms with Gasteiger partial charge in [-0.25, -0.2) is 0 Å². The summed E-state index contributed by atoms with van der Waals surface area (Å²) < 4.78 is 6.70. The first kappa shape index (κ1) is 15.0. The van der Waals surface area contributed by atoms with Crippen molar-refractivity contribution in [1.29, 1.82) is 0 Å². The standard InChI is InChI=1S/C16H16BrN3O2/c1-11-5-6-15(19-18-11)22-14-7-8-20(10-14)16(21)12-3-2-4-13(17)9-12/h2-6,9,14H,7-8,10H2,1H3. The topological polar surface area (TPSA) is 55.3 Å². The molecule has 1 atom stereocenters. The fourth-order valence-corrected chi connectivity index (χ4v) is 2.83. The Hall–Kier alpha value is -1.95. The summed E-state index contributed by atoms with van der Waals surface area (Å²) in [7, 11) is 0. The van der Waals surface area contributed by atoms with E-state index < -0.39 is 0 Å². The van der Waals surface area contributed by atoms with Crippen LogP contribution in [-0.4, -0.2) is 40.2 Å². The number of ether oxygens (including phenoxy) is 1. The Bertz CT molecular complexity index is 675. The molecule has 2 heterocycles. The summed E-state index contributed by atoms with van der Waals surface area (Å²) in [5.74, 6) is 0.537. The maximum atomic E-state index is 12.5. The molecule has 0 bridgehead atoms. The van der Waals surface area contributed by atoms with Gasteiger partial charge >= 0.3 is 0 Å². The van der Waals surface area contributed by atoms with Gasteiger partial charge in [0, 0.05) is 29.1 Å². The summed E-state index contributed by atoms with van der Waals surface area (Å²) >= 11 is 3.39. The molecule has 6 heteroatoms. The van der Waals surface area contributed by atoms with Crippen LogP contribution in [0.3, 0.4) is 0 Å². The number of hydrogen-bond acceptors (Lipinski definition) is 4. The number of hydrogen-bond donors (Lipinski definition) is 0. The molecule has 1 amide bonds. The number of aromatic nitrogens is 2. The molecule has 1 aliphatic rings. The van der Waals surface area contributed by atoms with Crippen molar-refractivity contribution in [3.05, 3.63) is 52.1 Å².